The molecule has 0 radical (unpaired) electrons. The quantitative estimate of drug-likeness (QED) is 0.263. The number of rotatable bonds is 4. The van der Waals surface area contributed by atoms with E-state index in [0.717, 1.165) is 0 Å². The van der Waals surface area contributed by atoms with E-state index in [0.29, 0.717) is 6.29 Å². The SMILES string of the molecule is N[C@@](O)(CO)[C@@H](O)CC=O. The largest absolute Gasteiger partial charge is 0.392 e. The molecule has 0 heterocycles. The Bertz CT molecular complexity index is 114. The molecule has 0 spiro atoms. The zero-order valence-corrected chi connectivity index (χ0v) is 5.40. The molecule has 10 heavy (non-hydrogen) atoms. The van der Waals surface area contributed by atoms with E-state index >= 15 is 0 Å². The molecular weight excluding hydrogens is 138 g/mol. The van der Waals surface area contributed by atoms with Crippen molar-refractivity contribution in [2.75, 3.05) is 6.61 Å². The molecule has 5 heteroatoms. The Balaban J connectivity index is 3.89. The summed E-state index contributed by atoms with van der Waals surface area (Å²) in [7, 11) is 0. The van der Waals surface area contributed by atoms with Crippen LogP contribution >= 0.6 is 0 Å². The molecule has 0 aliphatic carbocycles. The van der Waals surface area contributed by atoms with Crippen LogP contribution in [-0.4, -0.2) is 40.0 Å². The van der Waals surface area contributed by atoms with Crippen molar-refractivity contribution < 1.29 is 20.1 Å². The maximum atomic E-state index is 9.77. The highest BCUT2D eigenvalue weighted by Crippen LogP contribution is 2.03. The third kappa shape index (κ3) is 2.40. The third-order valence-corrected chi connectivity index (χ3v) is 1.15. The molecule has 0 saturated heterocycles. The van der Waals surface area contributed by atoms with Crippen LogP contribution in [0.15, 0.2) is 0 Å². The number of aldehydes is 1. The molecule has 0 aromatic rings. The molecule has 0 aromatic carbocycles. The molecular formula is C5H11NO4. The summed E-state index contributed by atoms with van der Waals surface area (Å²) in [6.07, 6.45) is -1.28. The molecule has 0 aliphatic rings. The van der Waals surface area contributed by atoms with E-state index in [9.17, 15) is 4.79 Å². The van der Waals surface area contributed by atoms with E-state index < -0.39 is 18.4 Å². The maximum Gasteiger partial charge on any atom is 0.163 e. The van der Waals surface area contributed by atoms with Crippen molar-refractivity contribution in [3.05, 3.63) is 0 Å². The minimum atomic E-state index is -2.07. The summed E-state index contributed by atoms with van der Waals surface area (Å²) in [4.78, 5) is 9.77. The van der Waals surface area contributed by atoms with Crippen molar-refractivity contribution in [2.45, 2.75) is 18.2 Å². The molecule has 5 nitrogen and oxygen atoms in total. The van der Waals surface area contributed by atoms with Gasteiger partial charge >= 0.3 is 0 Å². The Morgan fingerprint density at radius 2 is 2.20 bits per heavy atom. The molecule has 2 atom stereocenters. The first-order chi connectivity index (χ1) is 4.54. The van der Waals surface area contributed by atoms with Gasteiger partial charge in [-0.25, -0.2) is 0 Å². The minimum Gasteiger partial charge on any atom is -0.392 e. The summed E-state index contributed by atoms with van der Waals surface area (Å²) in [5.41, 5.74) is 2.87. The van der Waals surface area contributed by atoms with Gasteiger partial charge in [-0.05, 0) is 0 Å². The van der Waals surface area contributed by atoms with Crippen LogP contribution in [0.1, 0.15) is 6.42 Å². The van der Waals surface area contributed by atoms with Crippen LogP contribution in [0.2, 0.25) is 0 Å². The number of hydrogen-bond acceptors (Lipinski definition) is 5. The molecule has 0 bridgehead atoms. The second-order valence-electron chi connectivity index (χ2n) is 2.07. The van der Waals surface area contributed by atoms with Gasteiger partial charge in [-0.2, -0.15) is 0 Å². The van der Waals surface area contributed by atoms with Gasteiger partial charge in [0.25, 0.3) is 0 Å². The molecule has 0 aliphatic heterocycles. The van der Waals surface area contributed by atoms with Crippen molar-refractivity contribution in [1.82, 2.24) is 0 Å². The zero-order chi connectivity index (χ0) is 8.20. The van der Waals surface area contributed by atoms with Crippen LogP contribution < -0.4 is 5.73 Å². The summed E-state index contributed by atoms with van der Waals surface area (Å²) in [6, 6.07) is 0. The first-order valence-electron chi connectivity index (χ1n) is 2.78. The van der Waals surface area contributed by atoms with Crippen molar-refractivity contribution in [1.29, 1.82) is 0 Å². The lowest BCUT2D eigenvalue weighted by atomic mass is 10.1. The van der Waals surface area contributed by atoms with Crippen LogP contribution in [0.3, 0.4) is 0 Å². The summed E-state index contributed by atoms with van der Waals surface area (Å²) < 4.78 is 0. The lowest BCUT2D eigenvalue weighted by molar-refractivity contribution is -0.123. The number of aliphatic hydroxyl groups excluding tert-OH is 2. The first kappa shape index (κ1) is 9.51. The summed E-state index contributed by atoms with van der Waals surface area (Å²) in [5.74, 6) is 0. The fourth-order valence-corrected chi connectivity index (χ4v) is 0.401. The maximum absolute atomic E-state index is 9.77. The van der Waals surface area contributed by atoms with E-state index in [-0.39, 0.29) is 6.42 Å². The standard InChI is InChI=1S/C5H11NO4/c6-5(10,3-8)4(9)1-2-7/h2,4,8-10H,1,3,6H2/t4-,5+/m0/s1. The average molecular weight is 149 g/mol. The predicted molar refractivity (Wildman–Crippen MR) is 32.9 cm³/mol. The summed E-state index contributed by atoms with van der Waals surface area (Å²) in [6.45, 7) is -0.776. The monoisotopic (exact) mass is 149 g/mol. The highest BCUT2D eigenvalue weighted by atomic mass is 16.4. The van der Waals surface area contributed by atoms with Gasteiger partial charge in [0.1, 0.15) is 12.4 Å². The number of hydrogen-bond donors (Lipinski definition) is 4. The second kappa shape index (κ2) is 3.62. The molecule has 0 unspecified atom stereocenters. The van der Waals surface area contributed by atoms with Crippen molar-refractivity contribution in [3.8, 4) is 0 Å². The van der Waals surface area contributed by atoms with E-state index in [1.54, 1.807) is 0 Å². The van der Waals surface area contributed by atoms with Gasteiger partial charge in [-0.15, -0.1) is 0 Å². The second-order valence-corrected chi connectivity index (χ2v) is 2.07. The lowest BCUT2D eigenvalue weighted by Crippen LogP contribution is -2.54. The van der Waals surface area contributed by atoms with Crippen LogP contribution in [0.25, 0.3) is 0 Å². The van der Waals surface area contributed by atoms with Crippen LogP contribution in [-0.2, 0) is 4.79 Å². The number of nitrogens with two attached hydrogens (primary N) is 1. The molecule has 0 aromatic heterocycles. The molecule has 60 valence electrons. The Kier molecular flexibility index (Phi) is 3.45. The van der Waals surface area contributed by atoms with Crippen molar-refractivity contribution in [3.63, 3.8) is 0 Å². The van der Waals surface area contributed by atoms with Crippen molar-refractivity contribution >= 4 is 6.29 Å². The van der Waals surface area contributed by atoms with Gasteiger partial charge in [0.05, 0.1) is 6.61 Å². The highest BCUT2D eigenvalue weighted by Gasteiger charge is 2.29. The van der Waals surface area contributed by atoms with Crippen molar-refractivity contribution in [2.24, 2.45) is 5.73 Å². The number of carbonyl (C=O) groups excluding carboxylic acids is 1. The Hall–Kier alpha value is -0.490. The smallest absolute Gasteiger partial charge is 0.163 e. The third-order valence-electron chi connectivity index (χ3n) is 1.15. The first-order valence-corrected chi connectivity index (χ1v) is 2.78. The van der Waals surface area contributed by atoms with Gasteiger partial charge in [0.15, 0.2) is 5.72 Å². The van der Waals surface area contributed by atoms with Crippen LogP contribution in [0, 0.1) is 0 Å². The van der Waals surface area contributed by atoms with Gasteiger partial charge in [-0.1, -0.05) is 0 Å². The molecule has 5 N–H and O–H groups in total. The topological polar surface area (TPSA) is 104 Å². The number of aliphatic hydroxyl groups is 3. The fraction of sp³-hybridized carbons (Fsp3) is 0.800. The van der Waals surface area contributed by atoms with Gasteiger partial charge in [0, 0.05) is 6.42 Å². The lowest BCUT2D eigenvalue weighted by Gasteiger charge is -2.24. The summed E-state index contributed by atoms with van der Waals surface area (Å²) >= 11 is 0. The van der Waals surface area contributed by atoms with Crippen LogP contribution in [0.5, 0.6) is 0 Å². The molecule has 0 fully saturated rings. The van der Waals surface area contributed by atoms with Gasteiger partial charge in [0.2, 0.25) is 0 Å². The molecule has 0 amide bonds. The summed E-state index contributed by atoms with van der Waals surface area (Å²) in [5, 5.41) is 26.0. The predicted octanol–water partition coefficient (Wildman–Crippen LogP) is -2.42. The Morgan fingerprint density at radius 1 is 1.70 bits per heavy atom. The Labute approximate surface area is 58.1 Å². The molecule has 0 saturated carbocycles. The Morgan fingerprint density at radius 3 is 2.50 bits per heavy atom. The zero-order valence-electron chi connectivity index (χ0n) is 5.40. The average Bonchev–Trinajstić information content (AvgIpc) is 1.89. The van der Waals surface area contributed by atoms with E-state index in [1.807, 2.05) is 0 Å². The van der Waals surface area contributed by atoms with E-state index in [4.69, 9.17) is 21.1 Å². The van der Waals surface area contributed by atoms with Crippen LogP contribution in [0.4, 0.5) is 0 Å². The van der Waals surface area contributed by atoms with Gasteiger partial charge < -0.3 is 20.1 Å². The van der Waals surface area contributed by atoms with E-state index in [2.05, 4.69) is 0 Å². The normalized spacial score (nSPS) is 19.6. The minimum absolute atomic E-state index is 0.284. The van der Waals surface area contributed by atoms with E-state index in [1.165, 1.54) is 0 Å². The van der Waals surface area contributed by atoms with Gasteiger partial charge in [-0.3, -0.25) is 5.73 Å². The fourth-order valence-electron chi connectivity index (χ4n) is 0.401. The highest BCUT2D eigenvalue weighted by molar-refractivity contribution is 5.50. The molecule has 0 rings (SSSR count). The number of carbonyl (C=O) groups is 1.